The van der Waals surface area contributed by atoms with Gasteiger partial charge in [-0.1, -0.05) is 32.9 Å². The number of amides is 2. The van der Waals surface area contributed by atoms with E-state index in [2.05, 4.69) is 17.1 Å². The second-order valence-corrected chi connectivity index (χ2v) is 7.52. The predicted octanol–water partition coefficient (Wildman–Crippen LogP) is 3.81. The van der Waals surface area contributed by atoms with Crippen LogP contribution in [0.1, 0.15) is 36.7 Å². The van der Waals surface area contributed by atoms with Crippen molar-refractivity contribution in [2.24, 2.45) is 5.92 Å². The van der Waals surface area contributed by atoms with Gasteiger partial charge in [-0.3, -0.25) is 9.59 Å². The molecule has 1 saturated heterocycles. The summed E-state index contributed by atoms with van der Waals surface area (Å²) in [5, 5.41) is 2.91. The molecule has 0 bridgehead atoms. The van der Waals surface area contributed by atoms with Crippen molar-refractivity contribution in [1.29, 1.82) is 0 Å². The van der Waals surface area contributed by atoms with Crippen molar-refractivity contribution in [2.75, 3.05) is 36.4 Å². The van der Waals surface area contributed by atoms with Gasteiger partial charge in [-0.25, -0.2) is 0 Å². The summed E-state index contributed by atoms with van der Waals surface area (Å²) in [5.74, 6) is 0.0874. The largest absolute Gasteiger partial charge is 0.368 e. The molecule has 5 heteroatoms. The number of nitrogens with one attached hydrogen (secondary N) is 1. The van der Waals surface area contributed by atoms with E-state index in [9.17, 15) is 9.59 Å². The van der Waals surface area contributed by atoms with Gasteiger partial charge in [-0.05, 0) is 48.4 Å². The van der Waals surface area contributed by atoms with E-state index < -0.39 is 0 Å². The summed E-state index contributed by atoms with van der Waals surface area (Å²) in [6.45, 7) is 8.89. The standard InChI is InChI=1S/C23H29N3O2/c1-4-18-5-7-19(8-6-18)23(28)26-15-13-25(14-16-26)21-11-9-20(10-12-21)24-22(27)17(2)3/h5-12,17H,4,13-16H2,1-3H3,(H,24,27). The number of rotatable bonds is 5. The van der Waals surface area contributed by atoms with Crippen LogP contribution in [-0.4, -0.2) is 42.9 Å². The van der Waals surface area contributed by atoms with E-state index >= 15 is 0 Å². The fourth-order valence-electron chi connectivity index (χ4n) is 3.28. The van der Waals surface area contributed by atoms with Crippen molar-refractivity contribution in [3.63, 3.8) is 0 Å². The monoisotopic (exact) mass is 379 g/mol. The lowest BCUT2D eigenvalue weighted by molar-refractivity contribution is -0.118. The third-order valence-electron chi connectivity index (χ3n) is 5.20. The van der Waals surface area contributed by atoms with Crippen LogP contribution in [0.4, 0.5) is 11.4 Å². The highest BCUT2D eigenvalue weighted by molar-refractivity contribution is 5.94. The van der Waals surface area contributed by atoms with Crippen LogP contribution in [0.5, 0.6) is 0 Å². The molecule has 1 fully saturated rings. The third-order valence-corrected chi connectivity index (χ3v) is 5.20. The number of hydrogen-bond acceptors (Lipinski definition) is 3. The van der Waals surface area contributed by atoms with Crippen molar-refractivity contribution in [3.8, 4) is 0 Å². The lowest BCUT2D eigenvalue weighted by Gasteiger charge is -2.36. The van der Waals surface area contributed by atoms with E-state index in [1.165, 1.54) is 5.56 Å². The van der Waals surface area contributed by atoms with Crippen molar-refractivity contribution >= 4 is 23.2 Å². The average molecular weight is 380 g/mol. The van der Waals surface area contributed by atoms with Crippen LogP contribution in [0.3, 0.4) is 0 Å². The summed E-state index contributed by atoms with van der Waals surface area (Å²) >= 11 is 0. The molecule has 2 amide bonds. The lowest BCUT2D eigenvalue weighted by Crippen LogP contribution is -2.48. The molecule has 1 aliphatic heterocycles. The number of anilines is 2. The molecule has 1 aliphatic rings. The first kappa shape index (κ1) is 19.9. The van der Waals surface area contributed by atoms with Crippen molar-refractivity contribution in [3.05, 3.63) is 59.7 Å². The first-order chi connectivity index (χ1) is 13.5. The van der Waals surface area contributed by atoms with E-state index in [4.69, 9.17) is 0 Å². The Morgan fingerprint density at radius 3 is 2.07 bits per heavy atom. The van der Waals surface area contributed by atoms with Gasteiger partial charge in [0.1, 0.15) is 0 Å². The molecule has 0 aliphatic carbocycles. The Balaban J connectivity index is 1.55. The van der Waals surface area contributed by atoms with Gasteiger partial charge in [0.25, 0.3) is 5.91 Å². The molecule has 0 unspecified atom stereocenters. The van der Waals surface area contributed by atoms with Crippen LogP contribution in [0.25, 0.3) is 0 Å². The minimum Gasteiger partial charge on any atom is -0.368 e. The number of nitrogens with zero attached hydrogens (tertiary/aromatic N) is 2. The van der Waals surface area contributed by atoms with Gasteiger partial charge in [0.15, 0.2) is 0 Å². The van der Waals surface area contributed by atoms with Crippen LogP contribution in [-0.2, 0) is 11.2 Å². The normalized spacial score (nSPS) is 14.3. The second kappa shape index (κ2) is 8.91. The zero-order chi connectivity index (χ0) is 20.1. The Kier molecular flexibility index (Phi) is 6.34. The van der Waals surface area contributed by atoms with Crippen LogP contribution >= 0.6 is 0 Å². The smallest absolute Gasteiger partial charge is 0.253 e. The van der Waals surface area contributed by atoms with Gasteiger partial charge in [-0.15, -0.1) is 0 Å². The fraction of sp³-hybridized carbons (Fsp3) is 0.391. The summed E-state index contributed by atoms with van der Waals surface area (Å²) in [6.07, 6.45) is 0.979. The average Bonchev–Trinajstić information content (AvgIpc) is 2.74. The maximum absolute atomic E-state index is 12.7. The number of carbonyl (C=O) groups excluding carboxylic acids is 2. The first-order valence-corrected chi connectivity index (χ1v) is 10.0. The van der Waals surface area contributed by atoms with Crippen molar-refractivity contribution in [1.82, 2.24) is 4.90 Å². The molecular weight excluding hydrogens is 350 g/mol. The summed E-state index contributed by atoms with van der Waals surface area (Å²) < 4.78 is 0. The van der Waals surface area contributed by atoms with Gasteiger partial charge in [0, 0.05) is 49.0 Å². The molecule has 0 saturated carbocycles. The zero-order valence-electron chi connectivity index (χ0n) is 16.9. The number of carbonyl (C=O) groups is 2. The zero-order valence-corrected chi connectivity index (χ0v) is 16.9. The lowest BCUT2D eigenvalue weighted by atomic mass is 10.1. The Morgan fingerprint density at radius 2 is 1.54 bits per heavy atom. The maximum Gasteiger partial charge on any atom is 0.253 e. The number of piperazine rings is 1. The summed E-state index contributed by atoms with van der Waals surface area (Å²) in [4.78, 5) is 28.7. The first-order valence-electron chi connectivity index (χ1n) is 10.0. The highest BCUT2D eigenvalue weighted by Crippen LogP contribution is 2.20. The molecule has 2 aromatic rings. The SMILES string of the molecule is CCc1ccc(C(=O)N2CCN(c3ccc(NC(=O)C(C)C)cc3)CC2)cc1. The van der Waals surface area contributed by atoms with Crippen LogP contribution in [0.2, 0.25) is 0 Å². The van der Waals surface area contributed by atoms with E-state index in [-0.39, 0.29) is 17.7 Å². The number of aryl methyl sites for hydroxylation is 1. The summed E-state index contributed by atoms with van der Waals surface area (Å²) in [5.41, 5.74) is 3.93. The minimum absolute atomic E-state index is 0.0202. The van der Waals surface area contributed by atoms with Crippen LogP contribution in [0.15, 0.2) is 48.5 Å². The minimum atomic E-state index is -0.0385. The molecule has 3 rings (SSSR count). The molecule has 28 heavy (non-hydrogen) atoms. The molecule has 0 spiro atoms. The number of hydrogen-bond donors (Lipinski definition) is 1. The number of benzene rings is 2. The van der Waals surface area contributed by atoms with Crippen molar-refractivity contribution < 1.29 is 9.59 Å². The van der Waals surface area contributed by atoms with Gasteiger partial charge in [-0.2, -0.15) is 0 Å². The van der Waals surface area contributed by atoms with Gasteiger partial charge in [0.05, 0.1) is 0 Å². The highest BCUT2D eigenvalue weighted by Gasteiger charge is 2.22. The highest BCUT2D eigenvalue weighted by atomic mass is 16.2. The van der Waals surface area contributed by atoms with Gasteiger partial charge in [0.2, 0.25) is 5.91 Å². The predicted molar refractivity (Wildman–Crippen MR) is 114 cm³/mol. The fourth-order valence-corrected chi connectivity index (χ4v) is 3.28. The second-order valence-electron chi connectivity index (χ2n) is 7.52. The molecular formula is C23H29N3O2. The quantitative estimate of drug-likeness (QED) is 0.860. The summed E-state index contributed by atoms with van der Waals surface area (Å²) in [6, 6.07) is 15.8. The molecule has 0 atom stereocenters. The third kappa shape index (κ3) is 4.71. The van der Waals surface area contributed by atoms with E-state index in [0.29, 0.717) is 13.1 Å². The van der Waals surface area contributed by atoms with Crippen LogP contribution < -0.4 is 10.2 Å². The molecule has 0 aromatic heterocycles. The maximum atomic E-state index is 12.7. The van der Waals surface area contributed by atoms with E-state index in [1.54, 1.807) is 0 Å². The Morgan fingerprint density at radius 1 is 0.929 bits per heavy atom. The molecule has 1 heterocycles. The van der Waals surface area contributed by atoms with E-state index in [1.807, 2.05) is 67.3 Å². The van der Waals surface area contributed by atoms with Crippen molar-refractivity contribution in [2.45, 2.75) is 27.2 Å². The summed E-state index contributed by atoms with van der Waals surface area (Å²) in [7, 11) is 0. The molecule has 1 N–H and O–H groups in total. The topological polar surface area (TPSA) is 52.7 Å². The Labute approximate surface area is 167 Å². The Hall–Kier alpha value is -2.82. The molecule has 2 aromatic carbocycles. The van der Waals surface area contributed by atoms with Crippen LogP contribution in [0, 0.1) is 5.92 Å². The molecule has 148 valence electrons. The Bertz CT molecular complexity index is 805. The van der Waals surface area contributed by atoms with Gasteiger partial charge < -0.3 is 15.1 Å². The molecule has 5 nitrogen and oxygen atoms in total. The molecule has 0 radical (unpaired) electrons. The van der Waals surface area contributed by atoms with E-state index in [0.717, 1.165) is 36.4 Å². The van der Waals surface area contributed by atoms with Gasteiger partial charge >= 0.3 is 0 Å².